The summed E-state index contributed by atoms with van der Waals surface area (Å²) in [6, 6.07) is 16.1. The molecule has 0 radical (unpaired) electrons. The maximum atomic E-state index is 12.4. The summed E-state index contributed by atoms with van der Waals surface area (Å²) in [5.74, 6) is 1.03. The van der Waals surface area contributed by atoms with Crippen LogP contribution in [0.1, 0.15) is 10.5 Å². The molecule has 0 aliphatic rings. The van der Waals surface area contributed by atoms with Crippen LogP contribution in [-0.2, 0) is 13.5 Å². The minimum Gasteiger partial charge on any atom is -0.471 e. The largest absolute Gasteiger partial charge is 0.471 e. The fourth-order valence-corrected chi connectivity index (χ4v) is 2.98. The molecule has 0 saturated heterocycles. The number of anilines is 1. The number of carbonyl (C=O) groups excluding carboxylic acids is 1. The van der Waals surface area contributed by atoms with E-state index in [0.29, 0.717) is 16.5 Å². The first-order valence-corrected chi connectivity index (χ1v) is 10.4. The van der Waals surface area contributed by atoms with Crippen molar-refractivity contribution in [3.05, 3.63) is 88.4 Å². The van der Waals surface area contributed by atoms with E-state index in [1.165, 1.54) is 4.68 Å². The topological polar surface area (TPSA) is 83.2 Å². The molecule has 8 nitrogen and oxygen atoms in total. The Bertz CT molecular complexity index is 1160. The molecule has 1 N–H and O–H groups in total. The molecule has 0 bridgehead atoms. The SMILES string of the molecule is O=C(Nc1cnn(COc2ccc(Br)cc2)c1)c1ccn(COc2ccc(Cl)cc2)n1. The molecule has 2 aromatic carbocycles. The molecule has 0 spiro atoms. The molecule has 0 unspecified atom stereocenters. The molecule has 2 aromatic heterocycles. The normalized spacial score (nSPS) is 10.6. The molecule has 0 aliphatic heterocycles. The van der Waals surface area contributed by atoms with Crippen LogP contribution in [-0.4, -0.2) is 25.5 Å². The van der Waals surface area contributed by atoms with E-state index in [2.05, 4.69) is 31.4 Å². The highest BCUT2D eigenvalue weighted by atomic mass is 79.9. The molecular formula is C21H17BrClN5O3. The second-order valence-corrected chi connectivity index (χ2v) is 7.77. The van der Waals surface area contributed by atoms with E-state index in [0.717, 1.165) is 10.2 Å². The van der Waals surface area contributed by atoms with Crippen LogP contribution in [0.5, 0.6) is 11.5 Å². The first-order valence-electron chi connectivity index (χ1n) is 9.19. The Balaban J connectivity index is 1.28. The lowest BCUT2D eigenvalue weighted by Gasteiger charge is -2.06. The fraction of sp³-hybridized carbons (Fsp3) is 0.0952. The zero-order chi connectivity index (χ0) is 21.6. The lowest BCUT2D eigenvalue weighted by Crippen LogP contribution is -2.14. The van der Waals surface area contributed by atoms with Crippen LogP contribution in [0.2, 0.25) is 5.02 Å². The Hall–Kier alpha value is -3.30. The summed E-state index contributed by atoms with van der Waals surface area (Å²) in [6.45, 7) is 0.383. The van der Waals surface area contributed by atoms with E-state index in [-0.39, 0.29) is 25.1 Å². The van der Waals surface area contributed by atoms with Crippen molar-refractivity contribution in [1.82, 2.24) is 19.6 Å². The molecule has 2 heterocycles. The van der Waals surface area contributed by atoms with Crippen molar-refractivity contribution in [1.29, 1.82) is 0 Å². The van der Waals surface area contributed by atoms with Crippen LogP contribution < -0.4 is 14.8 Å². The lowest BCUT2D eigenvalue weighted by molar-refractivity contribution is 0.102. The molecule has 158 valence electrons. The van der Waals surface area contributed by atoms with Crippen molar-refractivity contribution >= 4 is 39.1 Å². The molecule has 31 heavy (non-hydrogen) atoms. The van der Waals surface area contributed by atoms with Crippen molar-refractivity contribution in [2.75, 3.05) is 5.32 Å². The summed E-state index contributed by atoms with van der Waals surface area (Å²) in [7, 11) is 0. The second kappa shape index (κ2) is 9.67. The average Bonchev–Trinajstić information content (AvgIpc) is 3.43. The number of amides is 1. The number of ether oxygens (including phenoxy) is 2. The Morgan fingerprint density at radius 2 is 1.61 bits per heavy atom. The van der Waals surface area contributed by atoms with Gasteiger partial charge in [-0.15, -0.1) is 0 Å². The Morgan fingerprint density at radius 1 is 0.968 bits per heavy atom. The third-order valence-electron chi connectivity index (χ3n) is 4.12. The smallest absolute Gasteiger partial charge is 0.276 e. The molecule has 4 aromatic rings. The van der Waals surface area contributed by atoms with Gasteiger partial charge in [0.2, 0.25) is 0 Å². The van der Waals surface area contributed by atoms with Gasteiger partial charge in [-0.2, -0.15) is 10.2 Å². The number of hydrogen-bond donors (Lipinski definition) is 1. The monoisotopic (exact) mass is 501 g/mol. The van der Waals surface area contributed by atoms with Gasteiger partial charge in [0, 0.05) is 15.7 Å². The molecule has 0 fully saturated rings. The highest BCUT2D eigenvalue weighted by molar-refractivity contribution is 9.10. The van der Waals surface area contributed by atoms with Gasteiger partial charge in [0.05, 0.1) is 18.1 Å². The van der Waals surface area contributed by atoms with Crippen molar-refractivity contribution in [2.24, 2.45) is 0 Å². The predicted molar refractivity (Wildman–Crippen MR) is 119 cm³/mol. The van der Waals surface area contributed by atoms with E-state index >= 15 is 0 Å². The van der Waals surface area contributed by atoms with Gasteiger partial charge in [-0.3, -0.25) is 4.79 Å². The van der Waals surface area contributed by atoms with Gasteiger partial charge in [0.25, 0.3) is 5.91 Å². The number of halogens is 2. The van der Waals surface area contributed by atoms with Gasteiger partial charge < -0.3 is 14.8 Å². The first-order chi connectivity index (χ1) is 15.0. The van der Waals surface area contributed by atoms with Gasteiger partial charge in [-0.05, 0) is 54.6 Å². The maximum absolute atomic E-state index is 12.4. The zero-order valence-electron chi connectivity index (χ0n) is 16.1. The molecule has 0 saturated carbocycles. The van der Waals surface area contributed by atoms with Gasteiger partial charge in [0.1, 0.15) is 11.5 Å². The van der Waals surface area contributed by atoms with E-state index in [9.17, 15) is 4.79 Å². The molecule has 4 rings (SSSR count). The fourth-order valence-electron chi connectivity index (χ4n) is 2.59. The minimum absolute atomic E-state index is 0.167. The van der Waals surface area contributed by atoms with Crippen LogP contribution in [0, 0.1) is 0 Å². The number of nitrogens with one attached hydrogen (secondary N) is 1. The summed E-state index contributed by atoms with van der Waals surface area (Å²) < 4.78 is 15.3. The number of hydrogen-bond acceptors (Lipinski definition) is 5. The standard InChI is InChI=1S/C21H17BrClN5O3/c22-15-1-5-18(6-2-15)31-14-28-12-17(11-24-28)25-21(29)20-9-10-27(26-20)13-30-19-7-3-16(23)4-8-19/h1-12H,13-14H2,(H,25,29). The summed E-state index contributed by atoms with van der Waals surface area (Å²) in [5.41, 5.74) is 0.801. The molecule has 10 heteroatoms. The molecule has 0 aliphatic carbocycles. The van der Waals surface area contributed by atoms with Crippen LogP contribution in [0.15, 0.2) is 77.7 Å². The van der Waals surface area contributed by atoms with Crippen LogP contribution >= 0.6 is 27.5 Å². The van der Waals surface area contributed by atoms with Gasteiger partial charge in [-0.25, -0.2) is 9.36 Å². The van der Waals surface area contributed by atoms with Crippen molar-refractivity contribution in [3.63, 3.8) is 0 Å². The number of benzene rings is 2. The summed E-state index contributed by atoms with van der Waals surface area (Å²) >= 11 is 9.23. The van der Waals surface area contributed by atoms with Crippen LogP contribution in [0.25, 0.3) is 0 Å². The van der Waals surface area contributed by atoms with E-state index in [1.54, 1.807) is 53.6 Å². The number of aromatic nitrogens is 4. The van der Waals surface area contributed by atoms with Crippen LogP contribution in [0.3, 0.4) is 0 Å². The van der Waals surface area contributed by atoms with E-state index in [4.69, 9.17) is 21.1 Å². The van der Waals surface area contributed by atoms with Gasteiger partial charge in [0.15, 0.2) is 19.2 Å². The van der Waals surface area contributed by atoms with Crippen molar-refractivity contribution < 1.29 is 14.3 Å². The second-order valence-electron chi connectivity index (χ2n) is 6.42. The number of carbonyl (C=O) groups is 1. The Morgan fingerprint density at radius 3 is 2.32 bits per heavy atom. The summed E-state index contributed by atoms with van der Waals surface area (Å²) in [4.78, 5) is 12.4. The third-order valence-corrected chi connectivity index (χ3v) is 4.90. The summed E-state index contributed by atoms with van der Waals surface area (Å²) in [5, 5.41) is 11.8. The van der Waals surface area contributed by atoms with E-state index in [1.807, 2.05) is 24.3 Å². The first kappa shape index (κ1) is 21.0. The summed E-state index contributed by atoms with van der Waals surface area (Å²) in [6.07, 6.45) is 4.89. The highest BCUT2D eigenvalue weighted by Gasteiger charge is 2.11. The lowest BCUT2D eigenvalue weighted by atomic mass is 10.3. The van der Waals surface area contributed by atoms with Crippen molar-refractivity contribution in [2.45, 2.75) is 13.5 Å². The third kappa shape index (κ3) is 5.87. The minimum atomic E-state index is -0.348. The highest BCUT2D eigenvalue weighted by Crippen LogP contribution is 2.17. The van der Waals surface area contributed by atoms with Gasteiger partial charge in [-0.1, -0.05) is 27.5 Å². The molecule has 0 atom stereocenters. The quantitative estimate of drug-likeness (QED) is 0.373. The molecule has 1 amide bonds. The Labute approximate surface area is 191 Å². The zero-order valence-corrected chi connectivity index (χ0v) is 18.5. The van der Waals surface area contributed by atoms with Gasteiger partial charge >= 0.3 is 0 Å². The number of rotatable bonds is 8. The van der Waals surface area contributed by atoms with Crippen LogP contribution in [0.4, 0.5) is 5.69 Å². The average molecular weight is 503 g/mol. The predicted octanol–water partition coefficient (Wildman–Crippen LogP) is 4.82. The maximum Gasteiger partial charge on any atom is 0.276 e. The Kier molecular flexibility index (Phi) is 6.54. The van der Waals surface area contributed by atoms with Crippen molar-refractivity contribution in [3.8, 4) is 11.5 Å². The van der Waals surface area contributed by atoms with E-state index < -0.39 is 0 Å². The number of nitrogens with zero attached hydrogens (tertiary/aromatic N) is 4. The molecular weight excluding hydrogens is 486 g/mol.